The van der Waals surface area contributed by atoms with Crippen LogP contribution in [0.4, 0.5) is 5.82 Å². The number of hydrogen-bond acceptors (Lipinski definition) is 5. The summed E-state index contributed by atoms with van der Waals surface area (Å²) in [5.41, 5.74) is 3.61. The van der Waals surface area contributed by atoms with E-state index >= 15 is 0 Å². The van der Waals surface area contributed by atoms with Gasteiger partial charge in [-0.3, -0.25) is 4.79 Å². The number of amides is 1. The Hall–Kier alpha value is -2.93. The van der Waals surface area contributed by atoms with Crippen LogP contribution in [0, 0.1) is 5.41 Å². The SMILES string of the molecule is CC(C)(C)CC(=O)NC(CCN(CCCCc1ccccc1)CCCCc1ccc2c(n1)NCCC2)C(=O)O. The van der Waals surface area contributed by atoms with E-state index in [1.54, 1.807) is 0 Å². The van der Waals surface area contributed by atoms with E-state index in [1.165, 1.54) is 11.1 Å². The summed E-state index contributed by atoms with van der Waals surface area (Å²) in [6.45, 7) is 9.43. The molecule has 3 N–H and O–H groups in total. The summed E-state index contributed by atoms with van der Waals surface area (Å²) in [7, 11) is 0. The maximum atomic E-state index is 12.4. The van der Waals surface area contributed by atoms with Gasteiger partial charge in [0.05, 0.1) is 0 Å². The summed E-state index contributed by atoms with van der Waals surface area (Å²) >= 11 is 0. The van der Waals surface area contributed by atoms with Crippen LogP contribution in [0.25, 0.3) is 0 Å². The maximum Gasteiger partial charge on any atom is 0.326 e. The van der Waals surface area contributed by atoms with Gasteiger partial charge in [0.15, 0.2) is 0 Å². The van der Waals surface area contributed by atoms with Crippen LogP contribution >= 0.6 is 0 Å². The average Bonchev–Trinajstić information content (AvgIpc) is 2.90. The number of pyridine rings is 1. The van der Waals surface area contributed by atoms with Crippen molar-refractivity contribution < 1.29 is 14.7 Å². The summed E-state index contributed by atoms with van der Waals surface area (Å²) in [5, 5.41) is 15.9. The minimum Gasteiger partial charge on any atom is -0.480 e. The molecular weight excluding hydrogens is 488 g/mol. The number of nitrogens with one attached hydrogen (secondary N) is 2. The van der Waals surface area contributed by atoms with Gasteiger partial charge in [-0.1, -0.05) is 57.2 Å². The molecule has 1 atom stereocenters. The molecule has 2 heterocycles. The molecule has 0 saturated carbocycles. The van der Waals surface area contributed by atoms with Crippen molar-refractivity contribution in [1.82, 2.24) is 15.2 Å². The normalized spacial score (nSPS) is 13.9. The Morgan fingerprint density at radius 2 is 1.72 bits per heavy atom. The molecule has 0 fully saturated rings. The number of fused-ring (bicyclic) bond motifs is 1. The Labute approximate surface area is 234 Å². The van der Waals surface area contributed by atoms with Gasteiger partial charge in [0.25, 0.3) is 0 Å². The molecule has 1 unspecified atom stereocenters. The molecule has 0 bridgehead atoms. The standard InChI is InChI=1S/C32H48N4O3/c1-32(2,3)24-29(37)35-28(31(38)39)19-23-36(21-9-7-14-25-12-5-4-6-13-25)22-10-8-16-27-18-17-26-15-11-20-33-30(26)34-27/h4-6,12-13,17-18,28H,7-11,14-16,19-24H2,1-3H3,(H,33,34)(H,35,37)(H,38,39). The smallest absolute Gasteiger partial charge is 0.326 e. The quantitative estimate of drug-likeness (QED) is 0.246. The highest BCUT2D eigenvalue weighted by Crippen LogP contribution is 2.21. The van der Waals surface area contributed by atoms with Crippen molar-refractivity contribution in [2.24, 2.45) is 5.41 Å². The Bertz CT molecular complexity index is 1040. The summed E-state index contributed by atoms with van der Waals surface area (Å²) in [5.74, 6) is -0.114. The number of aliphatic carboxylic acids is 1. The van der Waals surface area contributed by atoms with E-state index in [-0.39, 0.29) is 11.3 Å². The summed E-state index contributed by atoms with van der Waals surface area (Å²) < 4.78 is 0. The minimum atomic E-state index is -0.964. The fourth-order valence-electron chi connectivity index (χ4n) is 5.09. The molecule has 7 nitrogen and oxygen atoms in total. The van der Waals surface area contributed by atoms with Gasteiger partial charge in [0.1, 0.15) is 11.9 Å². The summed E-state index contributed by atoms with van der Waals surface area (Å²) in [6.07, 6.45) is 9.19. The van der Waals surface area contributed by atoms with Crippen molar-refractivity contribution in [2.75, 3.05) is 31.5 Å². The lowest BCUT2D eigenvalue weighted by Gasteiger charge is -2.25. The number of aryl methyl sites for hydroxylation is 3. The fraction of sp³-hybridized carbons (Fsp3) is 0.594. The van der Waals surface area contributed by atoms with Gasteiger partial charge in [-0.2, -0.15) is 0 Å². The second kappa shape index (κ2) is 15.6. The first-order chi connectivity index (χ1) is 18.7. The number of carboxylic acid groups (broad SMARTS) is 1. The van der Waals surface area contributed by atoms with Crippen molar-refractivity contribution >= 4 is 17.7 Å². The largest absolute Gasteiger partial charge is 0.480 e. The van der Waals surface area contributed by atoms with Gasteiger partial charge in [0, 0.05) is 25.2 Å². The molecule has 2 aromatic rings. The first-order valence-corrected chi connectivity index (χ1v) is 14.7. The zero-order valence-electron chi connectivity index (χ0n) is 24.2. The van der Waals surface area contributed by atoms with Gasteiger partial charge in [-0.25, -0.2) is 9.78 Å². The summed E-state index contributed by atoms with van der Waals surface area (Å²) in [6, 6.07) is 14.0. The number of rotatable bonds is 16. The lowest BCUT2D eigenvalue weighted by atomic mass is 9.92. The number of hydrogen-bond donors (Lipinski definition) is 3. The third kappa shape index (κ3) is 11.8. The van der Waals surface area contributed by atoms with E-state index in [4.69, 9.17) is 4.98 Å². The molecule has 214 valence electrons. The third-order valence-corrected chi connectivity index (χ3v) is 7.20. The van der Waals surface area contributed by atoms with Gasteiger partial charge in [-0.05, 0) is 93.5 Å². The number of carbonyl (C=O) groups excluding carboxylic acids is 1. The van der Waals surface area contributed by atoms with E-state index in [0.717, 1.165) is 82.5 Å². The minimum absolute atomic E-state index is 0.180. The summed E-state index contributed by atoms with van der Waals surface area (Å²) in [4.78, 5) is 31.5. The molecule has 1 aliphatic rings. The first-order valence-electron chi connectivity index (χ1n) is 14.7. The molecular formula is C32H48N4O3. The van der Waals surface area contributed by atoms with Gasteiger partial charge in [-0.15, -0.1) is 0 Å². The molecule has 0 saturated heterocycles. The number of anilines is 1. The fourth-order valence-corrected chi connectivity index (χ4v) is 5.09. The molecule has 3 rings (SSSR count). The lowest BCUT2D eigenvalue weighted by molar-refractivity contribution is -0.142. The molecule has 7 heteroatoms. The highest BCUT2D eigenvalue weighted by atomic mass is 16.4. The van der Waals surface area contributed by atoms with Crippen molar-refractivity contribution in [3.63, 3.8) is 0 Å². The molecule has 1 amide bonds. The zero-order chi connectivity index (χ0) is 28.1. The Kier molecular flexibility index (Phi) is 12.2. The van der Waals surface area contributed by atoms with Gasteiger partial charge < -0.3 is 20.6 Å². The monoisotopic (exact) mass is 536 g/mol. The number of nitrogens with zero attached hydrogens (tertiary/aromatic N) is 2. The van der Waals surface area contributed by atoms with Crippen LogP contribution < -0.4 is 10.6 Å². The predicted octanol–water partition coefficient (Wildman–Crippen LogP) is 5.48. The zero-order valence-corrected chi connectivity index (χ0v) is 24.2. The average molecular weight is 537 g/mol. The van der Waals surface area contributed by atoms with E-state index in [1.807, 2.05) is 26.8 Å². The Balaban J connectivity index is 1.49. The van der Waals surface area contributed by atoms with Crippen molar-refractivity contribution in [3.8, 4) is 0 Å². The number of carboxylic acids is 1. The highest BCUT2D eigenvalue weighted by molar-refractivity contribution is 5.83. The van der Waals surface area contributed by atoms with E-state index in [9.17, 15) is 14.7 Å². The lowest BCUT2D eigenvalue weighted by Crippen LogP contribution is -2.44. The van der Waals surface area contributed by atoms with Crippen LogP contribution in [0.2, 0.25) is 0 Å². The van der Waals surface area contributed by atoms with Crippen LogP contribution in [0.3, 0.4) is 0 Å². The Morgan fingerprint density at radius 3 is 2.41 bits per heavy atom. The van der Waals surface area contributed by atoms with Gasteiger partial charge >= 0.3 is 5.97 Å². The molecule has 1 aromatic heterocycles. The molecule has 0 aliphatic carbocycles. The van der Waals surface area contributed by atoms with Crippen LogP contribution in [0.15, 0.2) is 42.5 Å². The second-order valence-electron chi connectivity index (χ2n) is 12.1. The van der Waals surface area contributed by atoms with Gasteiger partial charge in [0.2, 0.25) is 5.91 Å². The molecule has 1 aromatic carbocycles. The van der Waals surface area contributed by atoms with Crippen molar-refractivity contribution in [1.29, 1.82) is 0 Å². The maximum absolute atomic E-state index is 12.4. The number of aromatic nitrogens is 1. The van der Waals surface area contributed by atoms with Crippen LogP contribution in [-0.2, 0) is 28.9 Å². The number of benzene rings is 1. The third-order valence-electron chi connectivity index (χ3n) is 7.20. The number of unbranched alkanes of at least 4 members (excludes halogenated alkanes) is 2. The number of carbonyl (C=O) groups is 2. The van der Waals surface area contributed by atoms with Crippen LogP contribution in [0.1, 0.15) is 82.5 Å². The molecule has 39 heavy (non-hydrogen) atoms. The van der Waals surface area contributed by atoms with Crippen molar-refractivity contribution in [2.45, 2.75) is 91.0 Å². The Morgan fingerprint density at radius 1 is 1.00 bits per heavy atom. The van der Waals surface area contributed by atoms with E-state index < -0.39 is 12.0 Å². The molecule has 0 spiro atoms. The van der Waals surface area contributed by atoms with E-state index in [2.05, 4.69) is 51.9 Å². The highest BCUT2D eigenvalue weighted by Gasteiger charge is 2.24. The van der Waals surface area contributed by atoms with Crippen LogP contribution in [0.5, 0.6) is 0 Å². The second-order valence-corrected chi connectivity index (χ2v) is 12.1. The van der Waals surface area contributed by atoms with E-state index in [0.29, 0.717) is 19.4 Å². The molecule has 0 radical (unpaired) electrons. The predicted molar refractivity (Wildman–Crippen MR) is 158 cm³/mol. The topological polar surface area (TPSA) is 94.6 Å². The first kappa shape index (κ1) is 30.6. The van der Waals surface area contributed by atoms with Crippen LogP contribution in [-0.4, -0.2) is 59.1 Å². The molecule has 1 aliphatic heterocycles. The van der Waals surface area contributed by atoms with Crippen molar-refractivity contribution in [3.05, 3.63) is 59.3 Å².